The third-order valence-electron chi connectivity index (χ3n) is 5.84. The molecule has 0 radical (unpaired) electrons. The minimum absolute atomic E-state index is 0.436. The lowest BCUT2D eigenvalue weighted by molar-refractivity contribution is -0.00230. The molecule has 2 heteroatoms. The van der Waals surface area contributed by atoms with Gasteiger partial charge in [0.1, 0.15) is 0 Å². The standard InChI is InChI=1S/C19H38N2/c1-16(2)17(3)21-12-9-19(10-13-21)8-7-11-20(15-19)14-18(4,5)6/h16-17H,7-15H2,1-6H3. The predicted octanol–water partition coefficient (Wildman–Crippen LogP) is 4.26. The fourth-order valence-electron chi connectivity index (χ4n) is 4.35. The van der Waals surface area contributed by atoms with E-state index >= 15 is 0 Å². The van der Waals surface area contributed by atoms with Gasteiger partial charge in [-0.2, -0.15) is 0 Å². The van der Waals surface area contributed by atoms with Crippen molar-refractivity contribution in [2.75, 3.05) is 32.7 Å². The first kappa shape index (κ1) is 17.3. The van der Waals surface area contributed by atoms with Gasteiger partial charge >= 0.3 is 0 Å². The lowest BCUT2D eigenvalue weighted by Crippen LogP contribution is -2.52. The van der Waals surface area contributed by atoms with E-state index in [-0.39, 0.29) is 0 Å². The van der Waals surface area contributed by atoms with Gasteiger partial charge in [-0.05, 0) is 69.0 Å². The van der Waals surface area contributed by atoms with Crippen molar-refractivity contribution < 1.29 is 0 Å². The minimum Gasteiger partial charge on any atom is -0.302 e. The third kappa shape index (κ3) is 4.69. The second-order valence-electron chi connectivity index (χ2n) is 9.40. The molecular formula is C19H38N2. The van der Waals surface area contributed by atoms with Crippen molar-refractivity contribution in [1.82, 2.24) is 9.80 Å². The Morgan fingerprint density at radius 3 is 2.10 bits per heavy atom. The smallest absolute Gasteiger partial charge is 0.00899 e. The Balaban J connectivity index is 1.90. The van der Waals surface area contributed by atoms with E-state index in [9.17, 15) is 0 Å². The van der Waals surface area contributed by atoms with Crippen LogP contribution in [0.4, 0.5) is 0 Å². The first-order valence-electron chi connectivity index (χ1n) is 9.17. The molecule has 0 aromatic rings. The molecule has 124 valence electrons. The zero-order valence-corrected chi connectivity index (χ0v) is 15.4. The van der Waals surface area contributed by atoms with Crippen LogP contribution in [0.3, 0.4) is 0 Å². The van der Waals surface area contributed by atoms with Crippen LogP contribution in [0.5, 0.6) is 0 Å². The minimum atomic E-state index is 0.436. The number of rotatable bonds is 3. The van der Waals surface area contributed by atoms with Crippen molar-refractivity contribution in [3.8, 4) is 0 Å². The molecule has 1 unspecified atom stereocenters. The molecule has 1 atom stereocenters. The molecule has 0 aromatic heterocycles. The number of likely N-dealkylation sites (tertiary alicyclic amines) is 2. The molecular weight excluding hydrogens is 256 g/mol. The molecule has 2 nitrogen and oxygen atoms in total. The summed E-state index contributed by atoms with van der Waals surface area (Å²) in [6.07, 6.45) is 5.72. The number of piperidine rings is 2. The van der Waals surface area contributed by atoms with Crippen LogP contribution in [0, 0.1) is 16.7 Å². The Morgan fingerprint density at radius 2 is 1.57 bits per heavy atom. The summed E-state index contributed by atoms with van der Waals surface area (Å²) in [6.45, 7) is 20.9. The second-order valence-corrected chi connectivity index (χ2v) is 9.40. The first-order chi connectivity index (χ1) is 9.71. The van der Waals surface area contributed by atoms with Crippen LogP contribution in [0.2, 0.25) is 0 Å². The molecule has 0 saturated carbocycles. The van der Waals surface area contributed by atoms with Gasteiger partial charge in [0, 0.05) is 19.1 Å². The van der Waals surface area contributed by atoms with Crippen LogP contribution in [-0.4, -0.2) is 48.6 Å². The van der Waals surface area contributed by atoms with Crippen LogP contribution in [0.15, 0.2) is 0 Å². The summed E-state index contributed by atoms with van der Waals surface area (Å²) in [5.41, 5.74) is 1.07. The van der Waals surface area contributed by atoms with E-state index < -0.39 is 0 Å². The van der Waals surface area contributed by atoms with Crippen LogP contribution in [0.25, 0.3) is 0 Å². The maximum absolute atomic E-state index is 2.75. The van der Waals surface area contributed by atoms with Gasteiger partial charge in [-0.3, -0.25) is 0 Å². The maximum Gasteiger partial charge on any atom is 0.00899 e. The van der Waals surface area contributed by atoms with Crippen molar-refractivity contribution in [2.45, 2.75) is 73.3 Å². The Morgan fingerprint density at radius 1 is 0.952 bits per heavy atom. The Kier molecular flexibility index (Phi) is 5.41. The average molecular weight is 295 g/mol. The van der Waals surface area contributed by atoms with Gasteiger partial charge in [0.05, 0.1) is 0 Å². The average Bonchev–Trinajstić information content (AvgIpc) is 2.37. The van der Waals surface area contributed by atoms with Crippen molar-refractivity contribution >= 4 is 0 Å². The summed E-state index contributed by atoms with van der Waals surface area (Å²) < 4.78 is 0. The van der Waals surface area contributed by atoms with Crippen LogP contribution in [-0.2, 0) is 0 Å². The van der Waals surface area contributed by atoms with Crippen molar-refractivity contribution in [2.24, 2.45) is 16.7 Å². The summed E-state index contributed by atoms with van der Waals surface area (Å²) >= 11 is 0. The normalized spacial score (nSPS) is 26.4. The Labute approximate surface area is 133 Å². The molecule has 2 saturated heterocycles. The summed E-state index contributed by atoms with van der Waals surface area (Å²) in [5.74, 6) is 0.780. The molecule has 2 heterocycles. The van der Waals surface area contributed by atoms with E-state index in [2.05, 4.69) is 51.3 Å². The van der Waals surface area contributed by atoms with Gasteiger partial charge in [-0.1, -0.05) is 34.6 Å². The van der Waals surface area contributed by atoms with Gasteiger partial charge in [0.25, 0.3) is 0 Å². The van der Waals surface area contributed by atoms with Gasteiger partial charge in [0.15, 0.2) is 0 Å². The molecule has 0 amide bonds. The van der Waals surface area contributed by atoms with Gasteiger partial charge in [-0.25, -0.2) is 0 Å². The largest absolute Gasteiger partial charge is 0.302 e. The number of nitrogens with zero attached hydrogens (tertiary/aromatic N) is 2. The maximum atomic E-state index is 2.75. The zero-order chi connectivity index (χ0) is 15.7. The second kappa shape index (κ2) is 6.58. The molecule has 2 rings (SSSR count). The van der Waals surface area contributed by atoms with E-state index in [0.29, 0.717) is 10.8 Å². The molecule has 1 spiro atoms. The Bertz CT molecular complexity index is 321. The third-order valence-corrected chi connectivity index (χ3v) is 5.84. The SMILES string of the molecule is CC(C)C(C)N1CCC2(CCCN(CC(C)(C)C)C2)CC1. The highest BCUT2D eigenvalue weighted by atomic mass is 15.2. The Hall–Kier alpha value is -0.0800. The topological polar surface area (TPSA) is 6.48 Å². The van der Waals surface area contributed by atoms with Crippen LogP contribution < -0.4 is 0 Å². The van der Waals surface area contributed by atoms with Crippen molar-refractivity contribution in [3.63, 3.8) is 0 Å². The molecule has 0 aliphatic carbocycles. The predicted molar refractivity (Wildman–Crippen MR) is 92.7 cm³/mol. The molecule has 0 bridgehead atoms. The number of hydrogen-bond donors (Lipinski definition) is 0. The van der Waals surface area contributed by atoms with Gasteiger partial charge in [0.2, 0.25) is 0 Å². The molecule has 21 heavy (non-hydrogen) atoms. The van der Waals surface area contributed by atoms with E-state index in [1.165, 1.54) is 58.4 Å². The van der Waals surface area contributed by atoms with Crippen molar-refractivity contribution in [3.05, 3.63) is 0 Å². The molecule has 2 fully saturated rings. The van der Waals surface area contributed by atoms with E-state index in [0.717, 1.165) is 12.0 Å². The van der Waals surface area contributed by atoms with E-state index in [1.54, 1.807) is 0 Å². The van der Waals surface area contributed by atoms with E-state index in [1.807, 2.05) is 0 Å². The van der Waals surface area contributed by atoms with Crippen molar-refractivity contribution in [1.29, 1.82) is 0 Å². The molecule has 0 aromatic carbocycles. The van der Waals surface area contributed by atoms with E-state index in [4.69, 9.17) is 0 Å². The summed E-state index contributed by atoms with van der Waals surface area (Å²) in [7, 11) is 0. The van der Waals surface area contributed by atoms with Gasteiger partial charge in [-0.15, -0.1) is 0 Å². The number of hydrogen-bond acceptors (Lipinski definition) is 2. The van der Waals surface area contributed by atoms with Gasteiger partial charge < -0.3 is 9.80 Å². The molecule has 0 N–H and O–H groups in total. The zero-order valence-electron chi connectivity index (χ0n) is 15.4. The first-order valence-corrected chi connectivity index (χ1v) is 9.17. The fraction of sp³-hybridized carbons (Fsp3) is 1.00. The highest BCUT2D eigenvalue weighted by Gasteiger charge is 2.39. The van der Waals surface area contributed by atoms with Crippen LogP contribution >= 0.6 is 0 Å². The van der Waals surface area contributed by atoms with Crippen LogP contribution in [0.1, 0.15) is 67.2 Å². The molecule has 2 aliphatic rings. The lowest BCUT2D eigenvalue weighted by Gasteiger charge is -2.50. The summed E-state index contributed by atoms with van der Waals surface area (Å²) in [4.78, 5) is 5.49. The summed E-state index contributed by atoms with van der Waals surface area (Å²) in [6, 6.07) is 0.747. The highest BCUT2D eigenvalue weighted by Crippen LogP contribution is 2.41. The lowest BCUT2D eigenvalue weighted by atomic mass is 9.71. The highest BCUT2D eigenvalue weighted by molar-refractivity contribution is 4.93. The monoisotopic (exact) mass is 294 g/mol. The quantitative estimate of drug-likeness (QED) is 0.767. The fourth-order valence-corrected chi connectivity index (χ4v) is 4.35. The summed E-state index contributed by atoms with van der Waals surface area (Å²) in [5, 5.41) is 0. The molecule has 2 aliphatic heterocycles.